The molecule has 0 amide bonds. The Morgan fingerprint density at radius 2 is 1.85 bits per heavy atom. The predicted octanol–water partition coefficient (Wildman–Crippen LogP) is 0.799. The van der Waals surface area contributed by atoms with Crippen molar-refractivity contribution in [1.82, 2.24) is 13.9 Å². The fraction of sp³-hybridized carbons (Fsp3) is 1.00. The Bertz CT molecular complexity index is 431. The monoisotopic (exact) mass is 315 g/mol. The van der Waals surface area contributed by atoms with Gasteiger partial charge in [0.1, 0.15) is 6.54 Å². The van der Waals surface area contributed by atoms with Crippen molar-refractivity contribution in [3.63, 3.8) is 0 Å². The average molecular weight is 315 g/mol. The average Bonchev–Trinajstić information content (AvgIpc) is 3.19. The Morgan fingerprint density at radius 3 is 2.30 bits per heavy atom. The smallest absolute Gasteiger partial charge is 0.314 e. The molecule has 0 aromatic rings. The van der Waals surface area contributed by atoms with Gasteiger partial charge in [-0.3, -0.25) is 0 Å². The summed E-state index contributed by atoms with van der Waals surface area (Å²) in [4.78, 5) is 0. The molecule has 0 bridgehead atoms. The second kappa shape index (κ2) is 5.78. The number of alkyl halides is 3. The Labute approximate surface area is 117 Å². The van der Waals surface area contributed by atoms with Crippen LogP contribution in [-0.2, 0) is 10.2 Å². The van der Waals surface area contributed by atoms with Crippen LogP contribution in [0.3, 0.4) is 0 Å². The molecule has 1 saturated heterocycles. The Kier molecular flexibility index (Phi) is 4.63. The molecule has 9 heteroatoms. The van der Waals surface area contributed by atoms with Gasteiger partial charge in [0.2, 0.25) is 0 Å². The minimum atomic E-state index is -4.52. The molecule has 0 spiro atoms. The lowest BCUT2D eigenvalue weighted by Crippen LogP contribution is -2.55. The van der Waals surface area contributed by atoms with Crippen LogP contribution < -0.4 is 5.32 Å². The summed E-state index contributed by atoms with van der Waals surface area (Å²) < 4.78 is 64.8. The van der Waals surface area contributed by atoms with Crippen molar-refractivity contribution in [2.45, 2.75) is 32.0 Å². The maximum Gasteiger partial charge on any atom is 0.402 e. The zero-order valence-electron chi connectivity index (χ0n) is 11.4. The largest absolute Gasteiger partial charge is 0.402 e. The van der Waals surface area contributed by atoms with E-state index in [0.717, 1.165) is 17.1 Å². The maximum atomic E-state index is 12.7. The van der Waals surface area contributed by atoms with Crippen LogP contribution in [0.4, 0.5) is 13.2 Å². The molecule has 2 fully saturated rings. The van der Waals surface area contributed by atoms with Crippen LogP contribution in [0.1, 0.15) is 19.8 Å². The van der Waals surface area contributed by atoms with Gasteiger partial charge in [-0.25, -0.2) is 0 Å². The van der Waals surface area contributed by atoms with E-state index in [2.05, 4.69) is 5.32 Å². The molecule has 1 aliphatic heterocycles. The van der Waals surface area contributed by atoms with E-state index < -0.39 is 29.0 Å². The number of nitrogens with one attached hydrogen (secondary N) is 1. The minimum Gasteiger partial charge on any atom is -0.314 e. The zero-order chi connectivity index (χ0) is 15.0. The summed E-state index contributed by atoms with van der Waals surface area (Å²) >= 11 is 0. The van der Waals surface area contributed by atoms with Gasteiger partial charge in [0.15, 0.2) is 0 Å². The Hall–Kier alpha value is -0.380. The van der Waals surface area contributed by atoms with E-state index in [4.69, 9.17) is 0 Å². The lowest BCUT2D eigenvalue weighted by molar-refractivity contribution is -0.140. The quantitative estimate of drug-likeness (QED) is 0.816. The lowest BCUT2D eigenvalue weighted by atomic mass is 10.2. The Morgan fingerprint density at radius 1 is 1.30 bits per heavy atom. The van der Waals surface area contributed by atoms with E-state index >= 15 is 0 Å². The molecule has 2 aliphatic rings. The van der Waals surface area contributed by atoms with Crippen LogP contribution in [0.2, 0.25) is 0 Å². The number of hydrogen-bond acceptors (Lipinski definition) is 3. The van der Waals surface area contributed by atoms with Gasteiger partial charge >= 0.3 is 6.18 Å². The molecule has 5 nitrogen and oxygen atoms in total. The van der Waals surface area contributed by atoms with Crippen LogP contribution >= 0.6 is 0 Å². The first-order chi connectivity index (χ1) is 9.22. The summed E-state index contributed by atoms with van der Waals surface area (Å²) in [6, 6.07) is -0.600. The fourth-order valence-electron chi connectivity index (χ4n) is 2.45. The highest BCUT2D eigenvalue weighted by Crippen LogP contribution is 2.37. The normalized spacial score (nSPS) is 24.1. The summed E-state index contributed by atoms with van der Waals surface area (Å²) in [5, 5.41) is 2.99. The van der Waals surface area contributed by atoms with Gasteiger partial charge in [-0.15, -0.1) is 0 Å². The van der Waals surface area contributed by atoms with E-state index in [1.165, 1.54) is 0 Å². The van der Waals surface area contributed by atoms with Crippen molar-refractivity contribution in [1.29, 1.82) is 0 Å². The van der Waals surface area contributed by atoms with Crippen molar-refractivity contribution in [3.05, 3.63) is 0 Å². The molecule has 2 rings (SSSR count). The minimum absolute atomic E-state index is 0.0510. The summed E-state index contributed by atoms with van der Waals surface area (Å²) in [6.45, 7) is 1.54. The lowest BCUT2D eigenvalue weighted by Gasteiger charge is -2.35. The van der Waals surface area contributed by atoms with Crippen molar-refractivity contribution in [2.75, 3.05) is 32.7 Å². The summed E-state index contributed by atoms with van der Waals surface area (Å²) in [7, 11) is -4.05. The molecule has 0 aromatic carbocycles. The van der Waals surface area contributed by atoms with Crippen molar-refractivity contribution in [2.24, 2.45) is 5.92 Å². The van der Waals surface area contributed by atoms with E-state index in [1.807, 2.05) is 0 Å². The van der Waals surface area contributed by atoms with Gasteiger partial charge in [0, 0.05) is 32.2 Å². The molecule has 1 aliphatic carbocycles. The molecule has 0 aromatic heterocycles. The molecular formula is C11H20F3N3O2S. The molecule has 118 valence electrons. The number of rotatable bonds is 5. The second-order valence-corrected chi connectivity index (χ2v) is 7.28. The van der Waals surface area contributed by atoms with Crippen LogP contribution in [0, 0.1) is 5.92 Å². The third kappa shape index (κ3) is 3.84. The summed E-state index contributed by atoms with van der Waals surface area (Å²) in [6.07, 6.45) is -2.93. The van der Waals surface area contributed by atoms with Crippen LogP contribution in [-0.4, -0.2) is 62.0 Å². The van der Waals surface area contributed by atoms with Crippen LogP contribution in [0.25, 0.3) is 0 Å². The van der Waals surface area contributed by atoms with Crippen LogP contribution in [0.5, 0.6) is 0 Å². The van der Waals surface area contributed by atoms with Crippen molar-refractivity contribution >= 4 is 10.2 Å². The van der Waals surface area contributed by atoms with Gasteiger partial charge in [-0.05, 0) is 25.7 Å². The molecule has 1 atom stereocenters. The fourth-order valence-corrected chi connectivity index (χ4v) is 4.29. The molecule has 20 heavy (non-hydrogen) atoms. The Balaban J connectivity index is 2.19. The number of nitrogens with zero attached hydrogens (tertiary/aromatic N) is 2. The topological polar surface area (TPSA) is 52.7 Å². The molecule has 1 N–H and O–H groups in total. The zero-order valence-corrected chi connectivity index (χ0v) is 12.2. The molecule has 1 saturated carbocycles. The number of piperazine rings is 1. The third-order valence-corrected chi connectivity index (χ3v) is 5.86. The first-order valence-electron chi connectivity index (χ1n) is 6.76. The number of hydrogen-bond donors (Lipinski definition) is 1. The van der Waals surface area contributed by atoms with E-state index in [1.54, 1.807) is 6.92 Å². The second-order valence-electron chi connectivity index (χ2n) is 5.40. The van der Waals surface area contributed by atoms with E-state index in [0.29, 0.717) is 17.4 Å². The molecule has 1 unspecified atom stereocenters. The van der Waals surface area contributed by atoms with Crippen molar-refractivity contribution < 1.29 is 21.6 Å². The highest BCUT2D eigenvalue weighted by atomic mass is 32.2. The number of halogens is 3. The van der Waals surface area contributed by atoms with Gasteiger partial charge in [-0.1, -0.05) is 0 Å². The highest BCUT2D eigenvalue weighted by molar-refractivity contribution is 7.86. The molecular weight excluding hydrogens is 295 g/mol. The van der Waals surface area contributed by atoms with Gasteiger partial charge in [-0.2, -0.15) is 30.2 Å². The highest BCUT2D eigenvalue weighted by Gasteiger charge is 2.45. The van der Waals surface area contributed by atoms with E-state index in [-0.39, 0.29) is 19.0 Å². The van der Waals surface area contributed by atoms with Crippen LogP contribution in [0.15, 0.2) is 0 Å². The third-order valence-electron chi connectivity index (χ3n) is 3.79. The van der Waals surface area contributed by atoms with Gasteiger partial charge in [0.25, 0.3) is 10.2 Å². The first-order valence-corrected chi connectivity index (χ1v) is 8.16. The summed E-state index contributed by atoms with van der Waals surface area (Å²) in [5.41, 5.74) is 0. The van der Waals surface area contributed by atoms with Crippen molar-refractivity contribution in [3.8, 4) is 0 Å². The molecule has 1 heterocycles. The standard InChI is InChI=1S/C11H20F3N3O2S/c1-9(10-2-3-10)17(8-11(12,13)14)20(18,19)16-6-4-15-5-7-16/h9-10,15H,2-8H2,1H3. The summed E-state index contributed by atoms with van der Waals surface area (Å²) in [5.74, 6) is 0.0510. The van der Waals surface area contributed by atoms with E-state index in [9.17, 15) is 21.6 Å². The predicted molar refractivity (Wildman–Crippen MR) is 68.3 cm³/mol. The first kappa shape index (κ1) is 16.0. The maximum absolute atomic E-state index is 12.7. The van der Waals surface area contributed by atoms with Gasteiger partial charge < -0.3 is 5.32 Å². The SMILES string of the molecule is CC(C1CC1)N(CC(F)(F)F)S(=O)(=O)N1CCNCC1. The van der Waals surface area contributed by atoms with Gasteiger partial charge in [0.05, 0.1) is 0 Å². The molecule has 0 radical (unpaired) electrons.